The first kappa shape index (κ1) is 13.7. The molecule has 0 atom stereocenters. The van der Waals surface area contributed by atoms with Gasteiger partial charge in [-0.15, -0.1) is 0 Å². The van der Waals surface area contributed by atoms with Gasteiger partial charge in [-0.3, -0.25) is 0 Å². The van der Waals surface area contributed by atoms with Crippen LogP contribution in [0.4, 0.5) is 0 Å². The van der Waals surface area contributed by atoms with Crippen LogP contribution in [0.15, 0.2) is 34.9 Å². The summed E-state index contributed by atoms with van der Waals surface area (Å²) in [5.74, 6) is 0.830. The Bertz CT molecular complexity index is 541. The van der Waals surface area contributed by atoms with E-state index in [4.69, 9.17) is 4.42 Å². The number of hydrogen-bond donors (Lipinski definition) is 1. The molecule has 0 aliphatic carbocycles. The zero-order valence-electron chi connectivity index (χ0n) is 12.3. The Balaban J connectivity index is 1.48. The topological polar surface area (TPSA) is 28.4 Å². The maximum absolute atomic E-state index is 5.57. The van der Waals surface area contributed by atoms with E-state index in [-0.39, 0.29) is 0 Å². The lowest BCUT2D eigenvalue weighted by molar-refractivity contribution is 0.190. The summed E-state index contributed by atoms with van der Waals surface area (Å²) in [7, 11) is 0. The Morgan fingerprint density at radius 3 is 2.85 bits per heavy atom. The summed E-state index contributed by atoms with van der Waals surface area (Å²) in [6, 6.07) is 8.25. The highest BCUT2D eigenvalue weighted by Gasteiger charge is 2.17. The summed E-state index contributed by atoms with van der Waals surface area (Å²) in [6.45, 7) is 8.00. The summed E-state index contributed by atoms with van der Waals surface area (Å²) in [5, 5.41) is 4.84. The lowest BCUT2D eigenvalue weighted by Crippen LogP contribution is -2.36. The minimum absolute atomic E-state index is 0.830. The molecule has 3 rings (SSSR count). The van der Waals surface area contributed by atoms with Crippen LogP contribution in [0.2, 0.25) is 0 Å². The van der Waals surface area contributed by atoms with Gasteiger partial charge in [0.05, 0.1) is 6.26 Å². The summed E-state index contributed by atoms with van der Waals surface area (Å²) in [6.07, 6.45) is 4.54. The van der Waals surface area contributed by atoms with Gasteiger partial charge in [-0.25, -0.2) is 0 Å². The van der Waals surface area contributed by atoms with E-state index in [1.807, 2.05) is 18.4 Å². The maximum Gasteiger partial charge on any atom is 0.134 e. The second-order valence-corrected chi connectivity index (χ2v) is 5.77. The molecule has 3 heteroatoms. The van der Waals surface area contributed by atoms with Crippen molar-refractivity contribution >= 4 is 11.0 Å². The third-order valence-corrected chi connectivity index (χ3v) is 4.46. The monoisotopic (exact) mass is 272 g/mol. The molecule has 0 unspecified atom stereocenters. The van der Waals surface area contributed by atoms with Crippen molar-refractivity contribution in [1.82, 2.24) is 10.2 Å². The number of benzene rings is 1. The number of likely N-dealkylation sites (tertiary alicyclic amines) is 1. The Morgan fingerprint density at radius 1 is 1.25 bits per heavy atom. The molecule has 1 fully saturated rings. The first-order chi connectivity index (χ1) is 9.86. The third-order valence-electron chi connectivity index (χ3n) is 4.46. The van der Waals surface area contributed by atoms with Crippen LogP contribution in [0, 0.1) is 5.92 Å². The molecule has 20 heavy (non-hydrogen) atoms. The van der Waals surface area contributed by atoms with Crippen molar-refractivity contribution in [2.45, 2.75) is 26.3 Å². The lowest BCUT2D eigenvalue weighted by atomic mass is 9.97. The molecule has 1 aromatic heterocycles. The summed E-state index contributed by atoms with van der Waals surface area (Å²) < 4.78 is 5.57. The van der Waals surface area contributed by atoms with Crippen LogP contribution in [-0.4, -0.2) is 31.1 Å². The molecular formula is C17H24N2O. The van der Waals surface area contributed by atoms with Gasteiger partial charge < -0.3 is 14.6 Å². The molecule has 0 bridgehead atoms. The van der Waals surface area contributed by atoms with Crippen LogP contribution >= 0.6 is 0 Å². The minimum Gasteiger partial charge on any atom is -0.464 e. The van der Waals surface area contributed by atoms with Crippen molar-refractivity contribution in [3.63, 3.8) is 0 Å². The minimum atomic E-state index is 0.830. The van der Waals surface area contributed by atoms with Crippen molar-refractivity contribution < 1.29 is 4.42 Å². The number of nitrogens with one attached hydrogen (secondary N) is 1. The molecule has 1 aliphatic heterocycles. The van der Waals surface area contributed by atoms with E-state index >= 15 is 0 Å². The van der Waals surface area contributed by atoms with Crippen molar-refractivity contribution in [1.29, 1.82) is 0 Å². The average Bonchev–Trinajstić information content (AvgIpc) is 2.92. The van der Waals surface area contributed by atoms with E-state index in [2.05, 4.69) is 29.3 Å². The second-order valence-electron chi connectivity index (χ2n) is 5.77. The van der Waals surface area contributed by atoms with Gasteiger partial charge in [-0.1, -0.05) is 25.1 Å². The van der Waals surface area contributed by atoms with Crippen molar-refractivity contribution in [3.05, 3.63) is 36.1 Å². The highest BCUT2D eigenvalue weighted by Crippen LogP contribution is 2.21. The molecule has 0 saturated carbocycles. The largest absolute Gasteiger partial charge is 0.464 e. The van der Waals surface area contributed by atoms with Gasteiger partial charge in [0.1, 0.15) is 5.58 Å². The van der Waals surface area contributed by atoms with Crippen molar-refractivity contribution in [2.24, 2.45) is 5.92 Å². The molecular weight excluding hydrogens is 248 g/mol. The summed E-state index contributed by atoms with van der Waals surface area (Å²) in [5.41, 5.74) is 2.26. The number of rotatable bonds is 5. The van der Waals surface area contributed by atoms with Crippen LogP contribution < -0.4 is 5.32 Å². The quantitative estimate of drug-likeness (QED) is 0.905. The zero-order valence-corrected chi connectivity index (χ0v) is 12.3. The third kappa shape index (κ3) is 3.05. The normalized spacial score (nSPS) is 17.9. The molecule has 0 amide bonds. The van der Waals surface area contributed by atoms with Crippen LogP contribution in [0.5, 0.6) is 0 Å². The molecule has 1 saturated heterocycles. The van der Waals surface area contributed by atoms with E-state index in [0.717, 1.165) is 24.6 Å². The summed E-state index contributed by atoms with van der Waals surface area (Å²) in [4.78, 5) is 2.54. The fourth-order valence-corrected chi connectivity index (χ4v) is 3.09. The smallest absolute Gasteiger partial charge is 0.134 e. The Hall–Kier alpha value is -1.32. The van der Waals surface area contributed by atoms with Crippen molar-refractivity contribution in [2.75, 3.05) is 26.2 Å². The Kier molecular flexibility index (Phi) is 4.38. The van der Waals surface area contributed by atoms with Gasteiger partial charge in [0.25, 0.3) is 0 Å². The molecule has 108 valence electrons. The molecule has 3 nitrogen and oxygen atoms in total. The predicted octanol–water partition coefficient (Wildman–Crippen LogP) is 3.25. The number of piperidine rings is 1. The molecule has 2 aromatic rings. The van der Waals surface area contributed by atoms with Crippen LogP contribution in [0.25, 0.3) is 11.0 Å². The van der Waals surface area contributed by atoms with Gasteiger partial charge in [-0.2, -0.15) is 0 Å². The number of fused-ring (bicyclic) bond motifs is 1. The zero-order chi connectivity index (χ0) is 13.8. The number of nitrogens with zero attached hydrogens (tertiary/aromatic N) is 1. The molecule has 1 N–H and O–H groups in total. The highest BCUT2D eigenvalue weighted by atomic mass is 16.3. The van der Waals surface area contributed by atoms with E-state index < -0.39 is 0 Å². The fraction of sp³-hybridized carbons (Fsp3) is 0.529. The van der Waals surface area contributed by atoms with Crippen LogP contribution in [0.1, 0.15) is 25.3 Å². The highest BCUT2D eigenvalue weighted by molar-refractivity contribution is 5.80. The van der Waals surface area contributed by atoms with Crippen molar-refractivity contribution in [3.8, 4) is 0 Å². The first-order valence-corrected chi connectivity index (χ1v) is 7.75. The van der Waals surface area contributed by atoms with E-state index in [9.17, 15) is 0 Å². The fourth-order valence-electron chi connectivity index (χ4n) is 3.09. The van der Waals surface area contributed by atoms with E-state index in [1.165, 1.54) is 43.4 Å². The lowest BCUT2D eigenvalue weighted by Gasteiger charge is -2.31. The van der Waals surface area contributed by atoms with Gasteiger partial charge >= 0.3 is 0 Å². The molecule has 0 spiro atoms. The molecule has 1 aliphatic rings. The molecule has 0 radical (unpaired) electrons. The average molecular weight is 272 g/mol. The van der Waals surface area contributed by atoms with Gasteiger partial charge in [0, 0.05) is 17.5 Å². The standard InChI is InChI=1S/C17H24N2O/c1-2-19-9-7-14(8-10-19)11-18-12-15-13-20-17-6-4-3-5-16(15)17/h3-6,13-14,18H,2,7-12H2,1H3. The van der Waals surface area contributed by atoms with Crippen LogP contribution in [-0.2, 0) is 6.54 Å². The Labute approximate surface area is 120 Å². The number of hydrogen-bond acceptors (Lipinski definition) is 3. The molecule has 1 aromatic carbocycles. The van der Waals surface area contributed by atoms with E-state index in [1.54, 1.807) is 0 Å². The second kappa shape index (κ2) is 6.42. The number of para-hydroxylation sites is 1. The van der Waals surface area contributed by atoms with Crippen LogP contribution in [0.3, 0.4) is 0 Å². The van der Waals surface area contributed by atoms with Gasteiger partial charge in [-0.05, 0) is 51.0 Å². The maximum atomic E-state index is 5.57. The first-order valence-electron chi connectivity index (χ1n) is 7.75. The van der Waals surface area contributed by atoms with E-state index in [0.29, 0.717) is 0 Å². The van der Waals surface area contributed by atoms with Gasteiger partial charge in [0.2, 0.25) is 0 Å². The molecule has 2 heterocycles. The number of furan rings is 1. The van der Waals surface area contributed by atoms with Gasteiger partial charge in [0.15, 0.2) is 0 Å². The SMILES string of the molecule is CCN1CCC(CNCc2coc3ccccc23)CC1. The Morgan fingerprint density at radius 2 is 2.05 bits per heavy atom. The summed E-state index contributed by atoms with van der Waals surface area (Å²) >= 11 is 0. The predicted molar refractivity (Wildman–Crippen MR) is 82.8 cm³/mol.